The van der Waals surface area contributed by atoms with Crippen LogP contribution >= 0.6 is 0 Å². The number of carbonyl (C=O) groups is 2. The van der Waals surface area contributed by atoms with Gasteiger partial charge in [-0.05, 0) is 42.0 Å². The lowest BCUT2D eigenvalue weighted by atomic mass is 9.88. The van der Waals surface area contributed by atoms with Gasteiger partial charge in [-0.25, -0.2) is 4.79 Å². The van der Waals surface area contributed by atoms with Gasteiger partial charge in [0.1, 0.15) is 23.6 Å². The van der Waals surface area contributed by atoms with E-state index in [1.807, 2.05) is 18.2 Å². The molecule has 34 heavy (non-hydrogen) atoms. The van der Waals surface area contributed by atoms with Crippen molar-refractivity contribution in [3.8, 4) is 11.5 Å². The molecule has 8 heteroatoms. The number of carboxylic acids is 1. The predicted molar refractivity (Wildman–Crippen MR) is 124 cm³/mol. The van der Waals surface area contributed by atoms with Gasteiger partial charge in [0.05, 0.1) is 5.56 Å². The van der Waals surface area contributed by atoms with Crippen LogP contribution < -0.4 is 14.8 Å². The van der Waals surface area contributed by atoms with Crippen molar-refractivity contribution in [2.75, 3.05) is 0 Å². The zero-order chi connectivity index (χ0) is 25.1. The minimum absolute atomic E-state index is 0.0168. The van der Waals surface area contributed by atoms with Crippen molar-refractivity contribution >= 4 is 22.6 Å². The maximum atomic E-state index is 13.2. The Balaban J connectivity index is 1.91. The number of carboxylic acid groups (broad SMARTS) is 1. The van der Waals surface area contributed by atoms with Crippen molar-refractivity contribution in [3.05, 3.63) is 71.8 Å². The van der Waals surface area contributed by atoms with E-state index in [-0.39, 0.29) is 23.8 Å². The highest BCUT2D eigenvalue weighted by Crippen LogP contribution is 2.32. The number of hydrogen-bond donors (Lipinski definition) is 2. The molecule has 1 atom stereocenters. The molecule has 2 N–H and O–H groups in total. The fourth-order valence-corrected chi connectivity index (χ4v) is 3.34. The highest BCUT2D eigenvalue weighted by Gasteiger charge is 2.39. The largest absolute Gasteiger partial charge is 0.487 e. The van der Waals surface area contributed by atoms with Crippen LogP contribution in [0.3, 0.4) is 0 Å². The number of nitrogens with one attached hydrogen (secondary N) is 1. The number of benzene rings is 3. The van der Waals surface area contributed by atoms with E-state index in [2.05, 4.69) is 10.1 Å². The van der Waals surface area contributed by atoms with E-state index in [0.29, 0.717) is 23.6 Å². The van der Waals surface area contributed by atoms with Crippen LogP contribution in [0.5, 0.6) is 11.5 Å². The van der Waals surface area contributed by atoms with E-state index < -0.39 is 23.5 Å². The lowest BCUT2D eigenvalue weighted by Crippen LogP contribution is -2.55. The molecule has 0 fully saturated rings. The zero-order valence-electron chi connectivity index (χ0n) is 19.4. The minimum Gasteiger partial charge on any atom is -0.487 e. The number of hydrogen-bond acceptors (Lipinski definition) is 4. The Hall–Kier alpha value is -3.68. The standard InChI is InChI=1S/C26H27F2NO5/c1-16(2)25(3,24(31)32)29-23(30)21-14-11-18-7-5-6-8-20(18)22(21)33-15-17-9-12-19(13-10-17)34-26(4,27)28/h5-14,16H,15H2,1-4H3,(H,29,30)(H,31,32). The summed E-state index contributed by atoms with van der Waals surface area (Å²) in [5.74, 6) is -1.77. The summed E-state index contributed by atoms with van der Waals surface area (Å²) in [5, 5.41) is 13.8. The molecule has 0 aliphatic carbocycles. The van der Waals surface area contributed by atoms with Gasteiger partial charge in [-0.2, -0.15) is 8.78 Å². The topological polar surface area (TPSA) is 84.9 Å². The first-order valence-electron chi connectivity index (χ1n) is 10.8. The molecule has 6 nitrogen and oxygen atoms in total. The molecule has 3 rings (SSSR count). The summed E-state index contributed by atoms with van der Waals surface area (Å²) in [7, 11) is 0. The smallest absolute Gasteiger partial charge is 0.394 e. The van der Waals surface area contributed by atoms with Gasteiger partial charge in [0.2, 0.25) is 0 Å². The van der Waals surface area contributed by atoms with Crippen LogP contribution in [0.1, 0.15) is 43.6 Å². The van der Waals surface area contributed by atoms with Crippen molar-refractivity contribution in [2.45, 2.75) is 45.9 Å². The first-order valence-corrected chi connectivity index (χ1v) is 10.8. The van der Waals surface area contributed by atoms with Gasteiger partial charge in [-0.3, -0.25) is 4.79 Å². The van der Waals surface area contributed by atoms with Crippen LogP contribution in [0.15, 0.2) is 60.7 Å². The van der Waals surface area contributed by atoms with Gasteiger partial charge in [0.15, 0.2) is 0 Å². The fourth-order valence-electron chi connectivity index (χ4n) is 3.34. The monoisotopic (exact) mass is 471 g/mol. The average molecular weight is 472 g/mol. The highest BCUT2D eigenvalue weighted by molar-refractivity contribution is 6.05. The van der Waals surface area contributed by atoms with Gasteiger partial charge >= 0.3 is 12.1 Å². The Morgan fingerprint density at radius 2 is 1.65 bits per heavy atom. The van der Waals surface area contributed by atoms with Gasteiger partial charge in [0, 0.05) is 12.3 Å². The normalized spacial score (nSPS) is 13.4. The van der Waals surface area contributed by atoms with Gasteiger partial charge in [0.25, 0.3) is 5.91 Å². The molecule has 0 heterocycles. The molecule has 3 aromatic rings. The van der Waals surface area contributed by atoms with E-state index in [4.69, 9.17) is 4.74 Å². The molecule has 1 unspecified atom stereocenters. The number of carbonyl (C=O) groups excluding carboxylic acids is 1. The zero-order valence-corrected chi connectivity index (χ0v) is 19.4. The highest BCUT2D eigenvalue weighted by atomic mass is 19.3. The predicted octanol–water partition coefficient (Wildman–Crippen LogP) is 5.64. The number of ether oxygens (including phenoxy) is 2. The van der Waals surface area contributed by atoms with Crippen LogP contribution in [-0.2, 0) is 11.4 Å². The second kappa shape index (κ2) is 9.67. The quantitative estimate of drug-likeness (QED) is 0.422. The van der Waals surface area contributed by atoms with Crippen molar-refractivity contribution in [1.82, 2.24) is 5.32 Å². The number of amides is 1. The summed E-state index contributed by atoms with van der Waals surface area (Å²) in [4.78, 5) is 25.0. The fraction of sp³-hybridized carbons (Fsp3) is 0.308. The van der Waals surface area contributed by atoms with E-state index in [0.717, 1.165) is 5.39 Å². The molecule has 0 bridgehead atoms. The second-order valence-corrected chi connectivity index (χ2v) is 8.62. The summed E-state index contributed by atoms with van der Waals surface area (Å²) in [6.07, 6.45) is -3.29. The van der Waals surface area contributed by atoms with Crippen LogP contribution in [0.4, 0.5) is 8.78 Å². The SMILES string of the molecule is CC(C)C(C)(NC(=O)c1ccc2ccccc2c1OCc1ccc(OC(C)(F)F)cc1)C(=O)O. The third-order valence-corrected chi connectivity index (χ3v) is 5.70. The lowest BCUT2D eigenvalue weighted by Gasteiger charge is -2.30. The summed E-state index contributed by atoms with van der Waals surface area (Å²) in [5.41, 5.74) is -0.613. The number of fused-ring (bicyclic) bond motifs is 1. The third-order valence-electron chi connectivity index (χ3n) is 5.70. The van der Waals surface area contributed by atoms with E-state index in [1.54, 1.807) is 44.2 Å². The van der Waals surface area contributed by atoms with Gasteiger partial charge < -0.3 is 19.9 Å². The van der Waals surface area contributed by atoms with E-state index >= 15 is 0 Å². The Bertz CT molecular complexity index is 1190. The van der Waals surface area contributed by atoms with Crippen molar-refractivity contribution < 1.29 is 33.0 Å². The van der Waals surface area contributed by atoms with E-state index in [9.17, 15) is 23.5 Å². The molecule has 0 aliphatic rings. The van der Waals surface area contributed by atoms with Crippen LogP contribution in [-0.4, -0.2) is 28.6 Å². The lowest BCUT2D eigenvalue weighted by molar-refractivity contribution is -0.159. The first kappa shape index (κ1) is 25.0. The molecule has 0 spiro atoms. The molecular weight excluding hydrogens is 444 g/mol. The average Bonchev–Trinajstić information content (AvgIpc) is 2.76. The van der Waals surface area contributed by atoms with Crippen LogP contribution in [0.2, 0.25) is 0 Å². The number of alkyl halides is 2. The summed E-state index contributed by atoms with van der Waals surface area (Å²) >= 11 is 0. The summed E-state index contributed by atoms with van der Waals surface area (Å²) in [6.45, 7) is 5.61. The van der Waals surface area contributed by atoms with Crippen molar-refractivity contribution in [3.63, 3.8) is 0 Å². The number of rotatable bonds is 9. The number of aliphatic carboxylic acids is 1. The first-order chi connectivity index (χ1) is 15.9. The van der Waals surface area contributed by atoms with Gasteiger partial charge in [-0.1, -0.05) is 56.3 Å². The molecule has 0 aliphatic heterocycles. The van der Waals surface area contributed by atoms with Crippen molar-refractivity contribution in [1.29, 1.82) is 0 Å². The molecule has 0 aromatic heterocycles. The third kappa shape index (κ3) is 5.62. The molecule has 0 saturated heterocycles. The molecule has 180 valence electrons. The van der Waals surface area contributed by atoms with E-state index in [1.165, 1.54) is 19.1 Å². The van der Waals surface area contributed by atoms with Gasteiger partial charge in [-0.15, -0.1) is 0 Å². The van der Waals surface area contributed by atoms with Crippen LogP contribution in [0.25, 0.3) is 10.8 Å². The Morgan fingerprint density at radius 1 is 1.00 bits per heavy atom. The molecule has 0 radical (unpaired) electrons. The maximum absolute atomic E-state index is 13.2. The molecule has 3 aromatic carbocycles. The molecule has 1 amide bonds. The Labute approximate surface area is 196 Å². The Kier molecular flexibility index (Phi) is 7.09. The maximum Gasteiger partial charge on any atom is 0.394 e. The van der Waals surface area contributed by atoms with Crippen molar-refractivity contribution in [2.24, 2.45) is 5.92 Å². The van der Waals surface area contributed by atoms with Crippen LogP contribution in [0, 0.1) is 5.92 Å². The summed E-state index contributed by atoms with van der Waals surface area (Å²) < 4.78 is 36.7. The Morgan fingerprint density at radius 3 is 2.24 bits per heavy atom. The number of halogens is 2. The summed E-state index contributed by atoms with van der Waals surface area (Å²) in [6, 6.07) is 16.7. The molecule has 0 saturated carbocycles. The minimum atomic E-state index is -3.29. The molecular formula is C26H27F2NO5. The second-order valence-electron chi connectivity index (χ2n) is 8.62.